The molecule has 2 aliphatic rings. The molecule has 1 saturated carbocycles. The molecule has 3 unspecified atom stereocenters. The molecule has 0 aromatic carbocycles. The first kappa shape index (κ1) is 13.0. The summed E-state index contributed by atoms with van der Waals surface area (Å²) in [6, 6.07) is 0. The van der Waals surface area contributed by atoms with Gasteiger partial charge in [-0.3, -0.25) is 4.79 Å². The second kappa shape index (κ2) is 5.06. The molecule has 98 valence electrons. The van der Waals surface area contributed by atoms with Crippen LogP contribution in [-0.2, 0) is 19.4 Å². The molecule has 1 aliphatic heterocycles. The largest absolute Gasteiger partial charge is 0.370 e. The molecular weight excluding hydrogens is 240 g/mol. The quantitative estimate of drug-likeness (QED) is 0.768. The van der Waals surface area contributed by atoms with Crippen molar-refractivity contribution in [2.24, 2.45) is 5.92 Å². The van der Waals surface area contributed by atoms with Crippen molar-refractivity contribution in [3.05, 3.63) is 0 Å². The Morgan fingerprint density at radius 2 is 1.94 bits per heavy atom. The SMILES string of the molecule is CS(=O)(=O)C1CCCC(C(=O)C2CCCO2)C1. The molecule has 2 rings (SSSR count). The fourth-order valence-electron chi connectivity index (χ4n) is 2.86. The predicted octanol–water partition coefficient (Wildman–Crippen LogP) is 1.34. The smallest absolute Gasteiger partial charge is 0.164 e. The van der Waals surface area contributed by atoms with E-state index < -0.39 is 9.84 Å². The van der Waals surface area contributed by atoms with E-state index in [1.54, 1.807) is 0 Å². The molecule has 17 heavy (non-hydrogen) atoms. The van der Waals surface area contributed by atoms with Crippen molar-refractivity contribution < 1.29 is 17.9 Å². The highest BCUT2D eigenvalue weighted by molar-refractivity contribution is 7.91. The van der Waals surface area contributed by atoms with Gasteiger partial charge >= 0.3 is 0 Å². The fraction of sp³-hybridized carbons (Fsp3) is 0.917. The van der Waals surface area contributed by atoms with Gasteiger partial charge in [0, 0.05) is 18.8 Å². The molecule has 0 N–H and O–H groups in total. The van der Waals surface area contributed by atoms with Gasteiger partial charge in [0.1, 0.15) is 15.9 Å². The first-order chi connectivity index (χ1) is 7.98. The Kier molecular flexibility index (Phi) is 3.88. The van der Waals surface area contributed by atoms with Gasteiger partial charge in [-0.1, -0.05) is 6.42 Å². The first-order valence-corrected chi connectivity index (χ1v) is 8.28. The molecule has 1 heterocycles. The predicted molar refractivity (Wildman–Crippen MR) is 64.6 cm³/mol. The van der Waals surface area contributed by atoms with E-state index in [4.69, 9.17) is 4.74 Å². The number of carbonyl (C=O) groups is 1. The lowest BCUT2D eigenvalue weighted by atomic mass is 9.83. The maximum Gasteiger partial charge on any atom is 0.164 e. The van der Waals surface area contributed by atoms with E-state index >= 15 is 0 Å². The van der Waals surface area contributed by atoms with Crippen LogP contribution in [0, 0.1) is 5.92 Å². The summed E-state index contributed by atoms with van der Waals surface area (Å²) in [7, 11) is -3.01. The highest BCUT2D eigenvalue weighted by Crippen LogP contribution is 2.31. The maximum absolute atomic E-state index is 12.2. The van der Waals surface area contributed by atoms with Crippen LogP contribution >= 0.6 is 0 Å². The van der Waals surface area contributed by atoms with Crippen LogP contribution in [-0.4, -0.2) is 38.4 Å². The number of hydrogen-bond acceptors (Lipinski definition) is 4. The minimum Gasteiger partial charge on any atom is -0.370 e. The fourth-order valence-corrected chi connectivity index (χ4v) is 4.03. The van der Waals surface area contributed by atoms with Crippen molar-refractivity contribution in [2.75, 3.05) is 12.9 Å². The third-order valence-electron chi connectivity index (χ3n) is 3.88. The van der Waals surface area contributed by atoms with Gasteiger partial charge in [-0.15, -0.1) is 0 Å². The van der Waals surface area contributed by atoms with Crippen LogP contribution in [0.1, 0.15) is 38.5 Å². The first-order valence-electron chi connectivity index (χ1n) is 6.32. The summed E-state index contributed by atoms with van der Waals surface area (Å²) in [5.41, 5.74) is 0. The number of ketones is 1. The van der Waals surface area contributed by atoms with Crippen LogP contribution < -0.4 is 0 Å². The topological polar surface area (TPSA) is 60.4 Å². The summed E-state index contributed by atoms with van der Waals surface area (Å²) in [5.74, 6) is 0.0300. The molecule has 1 aliphatic carbocycles. The van der Waals surface area contributed by atoms with Gasteiger partial charge in [-0.25, -0.2) is 8.42 Å². The van der Waals surface area contributed by atoms with Crippen LogP contribution in [0.25, 0.3) is 0 Å². The van der Waals surface area contributed by atoms with Gasteiger partial charge in [-0.05, 0) is 32.1 Å². The zero-order valence-corrected chi connectivity index (χ0v) is 11.0. The molecule has 0 amide bonds. The van der Waals surface area contributed by atoms with Crippen molar-refractivity contribution in [3.63, 3.8) is 0 Å². The Labute approximate surface area is 103 Å². The van der Waals surface area contributed by atoms with Gasteiger partial charge in [0.25, 0.3) is 0 Å². The lowest BCUT2D eigenvalue weighted by molar-refractivity contribution is -0.132. The van der Waals surface area contributed by atoms with Gasteiger partial charge in [-0.2, -0.15) is 0 Å². The molecule has 0 spiro atoms. The van der Waals surface area contributed by atoms with Crippen LogP contribution in [0.2, 0.25) is 0 Å². The molecule has 0 aromatic rings. The van der Waals surface area contributed by atoms with E-state index in [1.807, 2.05) is 0 Å². The molecule has 0 bridgehead atoms. The highest BCUT2D eigenvalue weighted by Gasteiger charge is 2.36. The normalized spacial score (nSPS) is 34.8. The molecule has 2 fully saturated rings. The Balaban J connectivity index is 1.99. The second-order valence-corrected chi connectivity index (χ2v) is 7.54. The Morgan fingerprint density at radius 3 is 2.53 bits per heavy atom. The minimum atomic E-state index is -3.01. The van der Waals surface area contributed by atoms with Crippen LogP contribution in [0.15, 0.2) is 0 Å². The molecule has 0 radical (unpaired) electrons. The summed E-state index contributed by atoms with van der Waals surface area (Å²) in [6.45, 7) is 0.665. The molecule has 4 nitrogen and oxygen atoms in total. The summed E-state index contributed by atoms with van der Waals surface area (Å²) >= 11 is 0. The van der Waals surface area contributed by atoms with Crippen molar-refractivity contribution >= 4 is 15.6 Å². The minimum absolute atomic E-state index is 0.105. The van der Waals surface area contributed by atoms with Crippen molar-refractivity contribution in [2.45, 2.75) is 49.9 Å². The van der Waals surface area contributed by atoms with E-state index in [9.17, 15) is 13.2 Å². The summed E-state index contributed by atoms with van der Waals surface area (Å²) < 4.78 is 28.5. The number of sulfone groups is 1. The lowest BCUT2D eigenvalue weighted by Gasteiger charge is -2.28. The molecule has 3 atom stereocenters. The van der Waals surface area contributed by atoms with Gasteiger partial charge in [0.15, 0.2) is 5.78 Å². The zero-order chi connectivity index (χ0) is 12.5. The molecule has 5 heteroatoms. The number of rotatable bonds is 3. The maximum atomic E-state index is 12.2. The van der Waals surface area contributed by atoms with Gasteiger partial charge in [0.2, 0.25) is 0 Å². The van der Waals surface area contributed by atoms with Crippen LogP contribution in [0.5, 0.6) is 0 Å². The Morgan fingerprint density at radius 1 is 1.18 bits per heavy atom. The van der Waals surface area contributed by atoms with E-state index in [0.29, 0.717) is 19.4 Å². The number of hydrogen-bond donors (Lipinski definition) is 0. The van der Waals surface area contributed by atoms with Crippen LogP contribution in [0.3, 0.4) is 0 Å². The van der Waals surface area contributed by atoms with Crippen molar-refractivity contribution in [1.29, 1.82) is 0 Å². The number of carbonyl (C=O) groups excluding carboxylic acids is 1. The monoisotopic (exact) mass is 260 g/mol. The highest BCUT2D eigenvalue weighted by atomic mass is 32.2. The lowest BCUT2D eigenvalue weighted by Crippen LogP contribution is -2.35. The Hall–Kier alpha value is -0.420. The van der Waals surface area contributed by atoms with E-state index in [1.165, 1.54) is 6.26 Å². The van der Waals surface area contributed by atoms with E-state index in [2.05, 4.69) is 0 Å². The van der Waals surface area contributed by atoms with Gasteiger partial charge < -0.3 is 4.74 Å². The molecule has 0 aromatic heterocycles. The standard InChI is InChI=1S/C12H20O4S/c1-17(14,15)10-5-2-4-9(8-10)12(13)11-6-3-7-16-11/h9-11H,2-8H2,1H3. The zero-order valence-electron chi connectivity index (χ0n) is 10.2. The van der Waals surface area contributed by atoms with E-state index in [0.717, 1.165) is 25.7 Å². The summed E-state index contributed by atoms with van der Waals surface area (Å²) in [4.78, 5) is 12.2. The third-order valence-corrected chi connectivity index (χ3v) is 5.52. The van der Waals surface area contributed by atoms with Crippen LogP contribution in [0.4, 0.5) is 0 Å². The second-order valence-electron chi connectivity index (χ2n) is 5.22. The molecular formula is C12H20O4S. The average molecular weight is 260 g/mol. The summed E-state index contributed by atoms with van der Waals surface area (Å²) in [6.07, 6.45) is 5.61. The van der Waals surface area contributed by atoms with E-state index in [-0.39, 0.29) is 23.1 Å². The van der Waals surface area contributed by atoms with Crippen molar-refractivity contribution in [1.82, 2.24) is 0 Å². The number of Topliss-reactive ketones (excluding diaryl/α,β-unsaturated/α-hetero) is 1. The molecule has 1 saturated heterocycles. The third kappa shape index (κ3) is 3.07. The Bertz CT molecular complexity index is 381. The summed E-state index contributed by atoms with van der Waals surface area (Å²) in [5, 5.41) is -0.327. The van der Waals surface area contributed by atoms with Crippen molar-refractivity contribution in [3.8, 4) is 0 Å². The number of ether oxygens (including phenoxy) is 1. The van der Waals surface area contributed by atoms with Gasteiger partial charge in [0.05, 0.1) is 5.25 Å². The average Bonchev–Trinajstić information content (AvgIpc) is 2.80.